The second kappa shape index (κ2) is 6.71. The highest BCUT2D eigenvalue weighted by Crippen LogP contribution is 2.30. The first-order valence-electron chi connectivity index (χ1n) is 8.75. The Balaban J connectivity index is 1.47. The van der Waals surface area contributed by atoms with Gasteiger partial charge in [0.2, 0.25) is 0 Å². The summed E-state index contributed by atoms with van der Waals surface area (Å²) in [5.41, 5.74) is 1.81. The fourth-order valence-corrected chi connectivity index (χ4v) is 3.09. The number of hydrogen-bond donors (Lipinski definition) is 2. The lowest BCUT2D eigenvalue weighted by Gasteiger charge is -2.22. The van der Waals surface area contributed by atoms with E-state index < -0.39 is 0 Å². The van der Waals surface area contributed by atoms with Gasteiger partial charge in [-0.3, -0.25) is 0 Å². The van der Waals surface area contributed by atoms with Crippen molar-refractivity contribution in [3.8, 4) is 5.88 Å². The number of fused-ring (bicyclic) bond motifs is 1. The first kappa shape index (κ1) is 14.7. The molecule has 0 spiro atoms. The van der Waals surface area contributed by atoms with E-state index in [1.165, 1.54) is 25.7 Å². The quantitative estimate of drug-likeness (QED) is 0.859. The zero-order valence-corrected chi connectivity index (χ0v) is 13.4. The number of aromatic nitrogens is 2. The molecule has 5 heteroatoms. The molecule has 5 nitrogen and oxygen atoms in total. The molecule has 2 aromatic rings. The SMILES string of the molecule is c1ccc2nc(OCC[C@@H]3CCCNC3)c(NC3CC3)nc2c1. The highest BCUT2D eigenvalue weighted by Gasteiger charge is 2.24. The van der Waals surface area contributed by atoms with Crippen LogP contribution in [0.5, 0.6) is 5.88 Å². The van der Waals surface area contributed by atoms with Crippen LogP contribution in [0.15, 0.2) is 24.3 Å². The Bertz CT molecular complexity index is 665. The molecule has 0 bridgehead atoms. The third-order valence-corrected chi connectivity index (χ3v) is 4.62. The molecule has 2 N–H and O–H groups in total. The van der Waals surface area contributed by atoms with Gasteiger partial charge in [-0.2, -0.15) is 0 Å². The van der Waals surface area contributed by atoms with Crippen molar-refractivity contribution in [1.29, 1.82) is 0 Å². The second-order valence-electron chi connectivity index (χ2n) is 6.63. The van der Waals surface area contributed by atoms with Crippen LogP contribution in [0.25, 0.3) is 11.0 Å². The monoisotopic (exact) mass is 312 g/mol. The minimum atomic E-state index is 0.537. The van der Waals surface area contributed by atoms with E-state index in [9.17, 15) is 0 Å². The van der Waals surface area contributed by atoms with Crippen LogP contribution in [0.4, 0.5) is 5.82 Å². The number of hydrogen-bond acceptors (Lipinski definition) is 5. The van der Waals surface area contributed by atoms with Crippen molar-refractivity contribution >= 4 is 16.9 Å². The zero-order chi connectivity index (χ0) is 15.5. The minimum Gasteiger partial charge on any atom is -0.475 e. The Morgan fingerprint density at radius 1 is 1.13 bits per heavy atom. The van der Waals surface area contributed by atoms with E-state index in [1.54, 1.807) is 0 Å². The highest BCUT2D eigenvalue weighted by atomic mass is 16.5. The van der Waals surface area contributed by atoms with E-state index >= 15 is 0 Å². The number of ether oxygens (including phenoxy) is 1. The van der Waals surface area contributed by atoms with E-state index in [-0.39, 0.29) is 0 Å². The average Bonchev–Trinajstić information content (AvgIpc) is 3.40. The van der Waals surface area contributed by atoms with Crippen LogP contribution in [0.2, 0.25) is 0 Å². The van der Waals surface area contributed by atoms with Crippen molar-refractivity contribution in [1.82, 2.24) is 15.3 Å². The number of para-hydroxylation sites is 2. The van der Waals surface area contributed by atoms with Gasteiger partial charge in [-0.25, -0.2) is 9.97 Å². The van der Waals surface area contributed by atoms with Crippen LogP contribution in [0, 0.1) is 5.92 Å². The lowest BCUT2D eigenvalue weighted by Crippen LogP contribution is -2.30. The Morgan fingerprint density at radius 2 is 1.96 bits per heavy atom. The normalized spacial score (nSPS) is 21.3. The molecule has 4 rings (SSSR count). The lowest BCUT2D eigenvalue weighted by atomic mass is 9.97. The molecule has 0 unspecified atom stereocenters. The van der Waals surface area contributed by atoms with Crippen molar-refractivity contribution < 1.29 is 4.74 Å². The third kappa shape index (κ3) is 3.72. The van der Waals surface area contributed by atoms with Crippen molar-refractivity contribution in [3.63, 3.8) is 0 Å². The van der Waals surface area contributed by atoms with Gasteiger partial charge in [0.15, 0.2) is 5.82 Å². The van der Waals surface area contributed by atoms with Gasteiger partial charge >= 0.3 is 0 Å². The Hall–Kier alpha value is -1.88. The van der Waals surface area contributed by atoms with Crippen molar-refractivity contribution in [3.05, 3.63) is 24.3 Å². The Labute approximate surface area is 136 Å². The van der Waals surface area contributed by atoms with Gasteiger partial charge in [0.1, 0.15) is 0 Å². The van der Waals surface area contributed by atoms with Crippen molar-refractivity contribution in [2.45, 2.75) is 38.1 Å². The third-order valence-electron chi connectivity index (χ3n) is 4.62. The zero-order valence-electron chi connectivity index (χ0n) is 13.4. The van der Waals surface area contributed by atoms with Crippen LogP contribution in [0.3, 0.4) is 0 Å². The van der Waals surface area contributed by atoms with E-state index in [0.29, 0.717) is 18.5 Å². The lowest BCUT2D eigenvalue weighted by molar-refractivity contribution is 0.248. The molecule has 122 valence electrons. The first-order valence-corrected chi connectivity index (χ1v) is 8.75. The Kier molecular flexibility index (Phi) is 4.28. The molecule has 2 fully saturated rings. The van der Waals surface area contributed by atoms with Gasteiger partial charge in [0.05, 0.1) is 17.6 Å². The van der Waals surface area contributed by atoms with Gasteiger partial charge in [0.25, 0.3) is 5.88 Å². The molecule has 1 aromatic carbocycles. The molecular formula is C18H24N4O. The maximum atomic E-state index is 6.01. The molecule has 1 atom stereocenters. The van der Waals surface area contributed by atoms with Crippen LogP contribution >= 0.6 is 0 Å². The van der Waals surface area contributed by atoms with Gasteiger partial charge in [-0.15, -0.1) is 0 Å². The van der Waals surface area contributed by atoms with Gasteiger partial charge in [0, 0.05) is 6.04 Å². The maximum Gasteiger partial charge on any atom is 0.258 e. The molecular weight excluding hydrogens is 288 g/mol. The summed E-state index contributed by atoms with van der Waals surface area (Å²) >= 11 is 0. The summed E-state index contributed by atoms with van der Waals surface area (Å²) in [6, 6.07) is 8.51. The number of piperidine rings is 1. The number of nitrogens with zero attached hydrogens (tertiary/aromatic N) is 2. The molecule has 1 saturated carbocycles. The number of anilines is 1. The van der Waals surface area contributed by atoms with Gasteiger partial charge in [-0.05, 0) is 63.2 Å². The van der Waals surface area contributed by atoms with Crippen molar-refractivity contribution in [2.24, 2.45) is 5.92 Å². The smallest absolute Gasteiger partial charge is 0.258 e. The standard InChI is InChI=1S/C18H24N4O/c1-2-6-16-15(5-1)21-17(20-14-7-8-14)18(22-16)23-11-9-13-4-3-10-19-12-13/h1-2,5-6,13-14,19H,3-4,7-12H2,(H,20,21)/t13-/m0/s1. The minimum absolute atomic E-state index is 0.537. The summed E-state index contributed by atoms with van der Waals surface area (Å²) < 4.78 is 6.01. The van der Waals surface area contributed by atoms with E-state index in [0.717, 1.165) is 42.3 Å². The molecule has 0 radical (unpaired) electrons. The summed E-state index contributed by atoms with van der Waals surface area (Å²) in [6.07, 6.45) is 6.07. The van der Waals surface area contributed by atoms with Crippen LogP contribution < -0.4 is 15.4 Å². The number of rotatable bonds is 6. The molecule has 1 aromatic heterocycles. The molecule has 1 aliphatic heterocycles. The summed E-state index contributed by atoms with van der Waals surface area (Å²) in [5, 5.41) is 6.91. The van der Waals surface area contributed by atoms with Crippen LogP contribution in [-0.2, 0) is 0 Å². The van der Waals surface area contributed by atoms with Gasteiger partial charge in [-0.1, -0.05) is 12.1 Å². The maximum absolute atomic E-state index is 6.01. The summed E-state index contributed by atoms with van der Waals surface area (Å²) in [7, 11) is 0. The number of benzene rings is 1. The van der Waals surface area contributed by atoms with E-state index in [2.05, 4.69) is 15.6 Å². The largest absolute Gasteiger partial charge is 0.475 e. The van der Waals surface area contributed by atoms with Gasteiger partial charge < -0.3 is 15.4 Å². The topological polar surface area (TPSA) is 59.1 Å². The molecule has 23 heavy (non-hydrogen) atoms. The van der Waals surface area contributed by atoms with Crippen LogP contribution in [0.1, 0.15) is 32.1 Å². The number of nitrogens with one attached hydrogen (secondary N) is 2. The fourth-order valence-electron chi connectivity index (χ4n) is 3.09. The summed E-state index contributed by atoms with van der Waals surface area (Å²) in [6.45, 7) is 2.97. The molecule has 0 amide bonds. The fraction of sp³-hybridized carbons (Fsp3) is 0.556. The molecule has 2 aliphatic rings. The highest BCUT2D eigenvalue weighted by molar-refractivity contribution is 5.77. The van der Waals surface area contributed by atoms with Crippen LogP contribution in [-0.4, -0.2) is 35.7 Å². The second-order valence-corrected chi connectivity index (χ2v) is 6.63. The predicted octanol–water partition coefficient (Wildman–Crippen LogP) is 2.97. The first-order chi connectivity index (χ1) is 11.4. The van der Waals surface area contributed by atoms with E-state index in [1.807, 2.05) is 24.3 Å². The average molecular weight is 312 g/mol. The van der Waals surface area contributed by atoms with Crippen molar-refractivity contribution in [2.75, 3.05) is 25.0 Å². The predicted molar refractivity (Wildman–Crippen MR) is 91.9 cm³/mol. The molecule has 1 aliphatic carbocycles. The summed E-state index contributed by atoms with van der Waals surface area (Å²) in [4.78, 5) is 9.39. The Morgan fingerprint density at radius 3 is 2.70 bits per heavy atom. The summed E-state index contributed by atoms with van der Waals surface area (Å²) in [5.74, 6) is 2.17. The molecule has 1 saturated heterocycles. The molecule has 2 heterocycles. The van der Waals surface area contributed by atoms with E-state index in [4.69, 9.17) is 9.72 Å².